The fourth-order valence-electron chi connectivity index (χ4n) is 2.08. The Bertz CT molecular complexity index is 702. The van der Waals surface area contributed by atoms with E-state index in [1.807, 2.05) is 6.92 Å². The predicted octanol–water partition coefficient (Wildman–Crippen LogP) is 3.61. The molecule has 0 aliphatic rings. The molecule has 0 unspecified atom stereocenters. The summed E-state index contributed by atoms with van der Waals surface area (Å²) in [6.45, 7) is 2.00. The van der Waals surface area contributed by atoms with Crippen LogP contribution in [0.2, 0.25) is 0 Å². The summed E-state index contributed by atoms with van der Waals surface area (Å²) in [5.41, 5.74) is 1.93. The van der Waals surface area contributed by atoms with E-state index in [1.165, 1.54) is 24.3 Å². The van der Waals surface area contributed by atoms with Crippen molar-refractivity contribution < 1.29 is 14.0 Å². The van der Waals surface area contributed by atoms with Gasteiger partial charge in [-0.2, -0.15) is 0 Å². The number of rotatable bonds is 7. The third-order valence-corrected chi connectivity index (χ3v) is 3.20. The van der Waals surface area contributed by atoms with Gasteiger partial charge in [-0.1, -0.05) is 13.0 Å². The maximum atomic E-state index is 12.8. The third-order valence-electron chi connectivity index (χ3n) is 3.20. The third kappa shape index (κ3) is 5.72. The second kappa shape index (κ2) is 8.67. The summed E-state index contributed by atoms with van der Waals surface area (Å²) in [7, 11) is 0. The molecule has 24 heavy (non-hydrogen) atoms. The maximum absolute atomic E-state index is 12.8. The molecule has 0 fully saturated rings. The van der Waals surface area contributed by atoms with Crippen LogP contribution in [0.1, 0.15) is 19.8 Å². The molecule has 2 aromatic rings. The van der Waals surface area contributed by atoms with Gasteiger partial charge < -0.3 is 16.0 Å². The van der Waals surface area contributed by atoms with Gasteiger partial charge in [-0.3, -0.25) is 9.59 Å². The highest BCUT2D eigenvalue weighted by molar-refractivity contribution is 5.94. The van der Waals surface area contributed by atoms with Crippen LogP contribution in [0.5, 0.6) is 0 Å². The minimum Gasteiger partial charge on any atom is -0.376 e. The van der Waals surface area contributed by atoms with E-state index >= 15 is 0 Å². The van der Waals surface area contributed by atoms with E-state index in [4.69, 9.17) is 0 Å². The van der Waals surface area contributed by atoms with Crippen LogP contribution in [0.15, 0.2) is 48.5 Å². The first-order chi connectivity index (χ1) is 11.6. The van der Waals surface area contributed by atoms with Gasteiger partial charge in [-0.05, 0) is 48.9 Å². The standard InChI is InChI=1S/C18H20FN3O2/c1-2-4-17(23)22-16-6-3-5-15(11-16)20-12-18(24)21-14-9-7-13(19)8-10-14/h3,5-11,20H,2,4,12H2,1H3,(H,21,24)(H,22,23). The van der Waals surface area contributed by atoms with E-state index in [-0.39, 0.29) is 24.2 Å². The topological polar surface area (TPSA) is 70.2 Å². The van der Waals surface area contributed by atoms with E-state index < -0.39 is 0 Å². The lowest BCUT2D eigenvalue weighted by Gasteiger charge is -2.10. The first-order valence-electron chi connectivity index (χ1n) is 7.76. The van der Waals surface area contributed by atoms with Crippen LogP contribution in [0, 0.1) is 5.82 Å². The van der Waals surface area contributed by atoms with E-state index in [9.17, 15) is 14.0 Å². The smallest absolute Gasteiger partial charge is 0.243 e. The molecule has 5 nitrogen and oxygen atoms in total. The fraction of sp³-hybridized carbons (Fsp3) is 0.222. The number of halogens is 1. The average molecular weight is 329 g/mol. The van der Waals surface area contributed by atoms with Crippen LogP contribution in [0.25, 0.3) is 0 Å². The zero-order chi connectivity index (χ0) is 17.4. The van der Waals surface area contributed by atoms with Gasteiger partial charge >= 0.3 is 0 Å². The Morgan fingerprint density at radius 3 is 2.29 bits per heavy atom. The molecule has 0 saturated heterocycles. The predicted molar refractivity (Wildman–Crippen MR) is 93.5 cm³/mol. The summed E-state index contributed by atoms with van der Waals surface area (Å²) >= 11 is 0. The molecule has 2 amide bonds. The normalized spacial score (nSPS) is 10.1. The van der Waals surface area contributed by atoms with E-state index in [0.717, 1.165) is 12.1 Å². The number of amides is 2. The zero-order valence-corrected chi connectivity index (χ0v) is 13.4. The summed E-state index contributed by atoms with van der Waals surface area (Å²) in [5.74, 6) is -0.640. The van der Waals surface area contributed by atoms with Crippen molar-refractivity contribution in [2.45, 2.75) is 19.8 Å². The Hall–Kier alpha value is -2.89. The molecule has 0 spiro atoms. The number of carbonyl (C=O) groups is 2. The summed E-state index contributed by atoms with van der Waals surface area (Å²) in [6, 6.07) is 12.7. The molecule has 0 atom stereocenters. The Morgan fingerprint density at radius 1 is 0.917 bits per heavy atom. The van der Waals surface area contributed by atoms with Crippen molar-refractivity contribution in [3.8, 4) is 0 Å². The molecule has 3 N–H and O–H groups in total. The molecule has 0 bridgehead atoms. The second-order valence-electron chi connectivity index (χ2n) is 5.29. The molecular formula is C18H20FN3O2. The number of nitrogens with one attached hydrogen (secondary N) is 3. The molecule has 0 saturated carbocycles. The van der Waals surface area contributed by atoms with Crippen LogP contribution in [-0.2, 0) is 9.59 Å². The minimum absolute atomic E-state index is 0.0382. The summed E-state index contributed by atoms with van der Waals surface area (Å²) in [4.78, 5) is 23.5. The summed E-state index contributed by atoms with van der Waals surface area (Å²) in [5, 5.41) is 8.45. The molecule has 0 radical (unpaired) electrons. The lowest BCUT2D eigenvalue weighted by molar-refractivity contribution is -0.116. The molecule has 2 aromatic carbocycles. The Morgan fingerprint density at radius 2 is 1.58 bits per heavy atom. The van der Waals surface area contributed by atoms with Gasteiger partial charge in [0.15, 0.2) is 0 Å². The van der Waals surface area contributed by atoms with Crippen molar-refractivity contribution >= 4 is 28.9 Å². The van der Waals surface area contributed by atoms with Crippen molar-refractivity contribution in [1.82, 2.24) is 0 Å². The highest BCUT2D eigenvalue weighted by Crippen LogP contribution is 2.15. The molecule has 0 aromatic heterocycles. The van der Waals surface area contributed by atoms with Crippen LogP contribution in [-0.4, -0.2) is 18.4 Å². The molecule has 126 valence electrons. The van der Waals surface area contributed by atoms with E-state index in [0.29, 0.717) is 17.8 Å². The van der Waals surface area contributed by atoms with Crippen molar-refractivity contribution in [1.29, 1.82) is 0 Å². The number of hydrogen-bond acceptors (Lipinski definition) is 3. The zero-order valence-electron chi connectivity index (χ0n) is 13.4. The summed E-state index contributed by atoms with van der Waals surface area (Å²) < 4.78 is 12.8. The van der Waals surface area contributed by atoms with Crippen LogP contribution < -0.4 is 16.0 Å². The quantitative estimate of drug-likeness (QED) is 0.727. The lowest BCUT2D eigenvalue weighted by atomic mass is 10.2. The van der Waals surface area contributed by atoms with Crippen LogP contribution in [0.3, 0.4) is 0 Å². The largest absolute Gasteiger partial charge is 0.376 e. The Kier molecular flexibility index (Phi) is 6.31. The number of benzene rings is 2. The highest BCUT2D eigenvalue weighted by atomic mass is 19.1. The number of carbonyl (C=O) groups excluding carboxylic acids is 2. The van der Waals surface area contributed by atoms with Crippen LogP contribution in [0.4, 0.5) is 21.5 Å². The van der Waals surface area contributed by atoms with Crippen molar-refractivity contribution in [2.75, 3.05) is 22.5 Å². The van der Waals surface area contributed by atoms with Crippen molar-refractivity contribution in [3.05, 3.63) is 54.3 Å². The molecule has 0 heterocycles. The van der Waals surface area contributed by atoms with Gasteiger partial charge in [-0.25, -0.2) is 4.39 Å². The average Bonchev–Trinajstić information content (AvgIpc) is 2.56. The summed E-state index contributed by atoms with van der Waals surface area (Å²) in [6.07, 6.45) is 1.26. The van der Waals surface area contributed by atoms with Crippen LogP contribution >= 0.6 is 0 Å². The second-order valence-corrected chi connectivity index (χ2v) is 5.29. The molecule has 6 heteroatoms. The van der Waals surface area contributed by atoms with Crippen molar-refractivity contribution in [2.24, 2.45) is 0 Å². The number of anilines is 3. The van der Waals surface area contributed by atoms with E-state index in [2.05, 4.69) is 16.0 Å². The van der Waals surface area contributed by atoms with Gasteiger partial charge in [0.25, 0.3) is 0 Å². The first kappa shape index (κ1) is 17.5. The fourth-order valence-corrected chi connectivity index (χ4v) is 2.08. The monoisotopic (exact) mass is 329 g/mol. The molecule has 0 aliphatic carbocycles. The van der Waals surface area contributed by atoms with Gasteiger partial charge in [-0.15, -0.1) is 0 Å². The first-order valence-corrected chi connectivity index (χ1v) is 7.76. The molecular weight excluding hydrogens is 309 g/mol. The van der Waals surface area contributed by atoms with Gasteiger partial charge in [0, 0.05) is 23.5 Å². The SMILES string of the molecule is CCCC(=O)Nc1cccc(NCC(=O)Nc2ccc(F)cc2)c1. The van der Waals surface area contributed by atoms with Gasteiger partial charge in [0.2, 0.25) is 11.8 Å². The maximum Gasteiger partial charge on any atom is 0.243 e. The Labute approximate surface area is 140 Å². The minimum atomic E-state index is -0.354. The van der Waals surface area contributed by atoms with E-state index in [1.54, 1.807) is 24.3 Å². The van der Waals surface area contributed by atoms with Crippen molar-refractivity contribution in [3.63, 3.8) is 0 Å². The Balaban J connectivity index is 1.86. The highest BCUT2D eigenvalue weighted by Gasteiger charge is 2.04. The molecule has 0 aliphatic heterocycles. The number of hydrogen-bond donors (Lipinski definition) is 3. The van der Waals surface area contributed by atoms with Gasteiger partial charge in [0.05, 0.1) is 6.54 Å². The lowest BCUT2D eigenvalue weighted by Crippen LogP contribution is -2.21. The molecule has 2 rings (SSSR count). The van der Waals surface area contributed by atoms with Gasteiger partial charge in [0.1, 0.15) is 5.82 Å².